The van der Waals surface area contributed by atoms with Gasteiger partial charge in [-0.1, -0.05) is 6.92 Å². The van der Waals surface area contributed by atoms with Crippen LogP contribution < -0.4 is 5.32 Å². The molecular weight excluding hydrogens is 218 g/mol. The van der Waals surface area contributed by atoms with Gasteiger partial charge in [-0.2, -0.15) is 5.26 Å². The van der Waals surface area contributed by atoms with Crippen LogP contribution in [-0.2, 0) is 9.59 Å². The van der Waals surface area contributed by atoms with Crippen molar-refractivity contribution in [1.29, 1.82) is 5.26 Å². The van der Waals surface area contributed by atoms with Crippen LogP contribution in [0.4, 0.5) is 0 Å². The van der Waals surface area contributed by atoms with Gasteiger partial charge in [-0.3, -0.25) is 9.59 Å². The molecule has 94 valence electrons. The van der Waals surface area contributed by atoms with Gasteiger partial charge in [0, 0.05) is 20.1 Å². The lowest BCUT2D eigenvalue weighted by Gasteiger charge is -2.32. The number of nitrogens with one attached hydrogen (secondary N) is 1. The smallest absolute Gasteiger partial charge is 0.239 e. The van der Waals surface area contributed by atoms with Gasteiger partial charge in [0.05, 0.1) is 12.0 Å². The Morgan fingerprint density at radius 1 is 1.59 bits per heavy atom. The zero-order valence-corrected chi connectivity index (χ0v) is 10.4. The van der Waals surface area contributed by atoms with E-state index in [0.29, 0.717) is 19.5 Å². The summed E-state index contributed by atoms with van der Waals surface area (Å²) in [5, 5.41) is 11.5. The first-order chi connectivity index (χ1) is 8.13. The normalized spacial score (nSPS) is 21.5. The number of nitrogens with zero attached hydrogens (tertiary/aromatic N) is 2. The molecular formula is C12H19N3O2. The van der Waals surface area contributed by atoms with Crippen molar-refractivity contribution in [2.45, 2.75) is 26.2 Å². The summed E-state index contributed by atoms with van der Waals surface area (Å²) in [6.07, 6.45) is 2.16. The first-order valence-electron chi connectivity index (χ1n) is 6.04. The summed E-state index contributed by atoms with van der Waals surface area (Å²) in [6.45, 7) is 2.92. The van der Waals surface area contributed by atoms with E-state index in [2.05, 4.69) is 5.32 Å². The van der Waals surface area contributed by atoms with Crippen LogP contribution in [0.2, 0.25) is 0 Å². The minimum atomic E-state index is -0.571. The van der Waals surface area contributed by atoms with Gasteiger partial charge in [0.25, 0.3) is 0 Å². The predicted octanol–water partition coefficient (Wildman–Crippen LogP) is 0.521. The first-order valence-corrected chi connectivity index (χ1v) is 6.04. The summed E-state index contributed by atoms with van der Waals surface area (Å²) in [5.74, 6) is -0.858. The van der Waals surface area contributed by atoms with Crippen LogP contribution in [0, 0.1) is 23.2 Å². The SMILES string of the molecule is CCC(C#N)C(=O)N1CCCC(C(=O)NC)C1. The number of nitriles is 1. The van der Waals surface area contributed by atoms with Gasteiger partial charge in [-0.05, 0) is 19.3 Å². The van der Waals surface area contributed by atoms with E-state index in [9.17, 15) is 9.59 Å². The Balaban J connectivity index is 2.64. The van der Waals surface area contributed by atoms with E-state index in [1.807, 2.05) is 13.0 Å². The number of likely N-dealkylation sites (tertiary alicyclic amines) is 1. The molecule has 5 heteroatoms. The molecule has 0 radical (unpaired) electrons. The molecule has 17 heavy (non-hydrogen) atoms. The standard InChI is InChI=1S/C12H19N3O2/c1-3-9(7-13)12(17)15-6-4-5-10(8-15)11(16)14-2/h9-10H,3-6,8H2,1-2H3,(H,14,16). The van der Waals surface area contributed by atoms with Gasteiger partial charge >= 0.3 is 0 Å². The summed E-state index contributed by atoms with van der Waals surface area (Å²) in [4.78, 5) is 25.2. The molecule has 0 aromatic rings. The zero-order chi connectivity index (χ0) is 12.8. The molecule has 1 rings (SSSR count). The van der Waals surface area contributed by atoms with Crippen molar-refractivity contribution in [2.24, 2.45) is 11.8 Å². The predicted molar refractivity (Wildman–Crippen MR) is 62.8 cm³/mol. The second-order valence-electron chi connectivity index (χ2n) is 4.33. The Bertz CT molecular complexity index is 335. The molecule has 1 N–H and O–H groups in total. The average molecular weight is 237 g/mol. The van der Waals surface area contributed by atoms with Crippen molar-refractivity contribution < 1.29 is 9.59 Å². The highest BCUT2D eigenvalue weighted by Gasteiger charge is 2.30. The van der Waals surface area contributed by atoms with Crippen LogP contribution >= 0.6 is 0 Å². The average Bonchev–Trinajstić information content (AvgIpc) is 2.39. The van der Waals surface area contributed by atoms with Crippen molar-refractivity contribution in [3.63, 3.8) is 0 Å². The number of carbonyl (C=O) groups excluding carboxylic acids is 2. The summed E-state index contributed by atoms with van der Waals surface area (Å²) < 4.78 is 0. The highest BCUT2D eigenvalue weighted by molar-refractivity contribution is 5.83. The van der Waals surface area contributed by atoms with Crippen LogP contribution in [-0.4, -0.2) is 36.9 Å². The third-order valence-electron chi connectivity index (χ3n) is 3.21. The fourth-order valence-corrected chi connectivity index (χ4v) is 2.14. The summed E-state index contributed by atoms with van der Waals surface area (Å²) >= 11 is 0. The fraction of sp³-hybridized carbons (Fsp3) is 0.750. The van der Waals surface area contributed by atoms with Crippen molar-refractivity contribution >= 4 is 11.8 Å². The van der Waals surface area contributed by atoms with Crippen molar-refractivity contribution in [3.8, 4) is 6.07 Å². The Morgan fingerprint density at radius 2 is 2.29 bits per heavy atom. The van der Waals surface area contributed by atoms with E-state index < -0.39 is 5.92 Å². The highest BCUT2D eigenvalue weighted by Crippen LogP contribution is 2.19. The molecule has 0 spiro atoms. The number of amides is 2. The topological polar surface area (TPSA) is 73.2 Å². The molecule has 2 unspecified atom stereocenters. The summed E-state index contributed by atoms with van der Waals surface area (Å²) in [7, 11) is 1.60. The maximum absolute atomic E-state index is 12.0. The van der Waals surface area contributed by atoms with E-state index in [1.54, 1.807) is 11.9 Å². The zero-order valence-electron chi connectivity index (χ0n) is 10.4. The van der Waals surface area contributed by atoms with Crippen LogP contribution in [0.5, 0.6) is 0 Å². The molecule has 0 saturated carbocycles. The van der Waals surface area contributed by atoms with Gasteiger partial charge in [0.1, 0.15) is 5.92 Å². The highest BCUT2D eigenvalue weighted by atomic mass is 16.2. The van der Waals surface area contributed by atoms with Gasteiger partial charge in [0.2, 0.25) is 11.8 Å². The number of rotatable bonds is 3. The van der Waals surface area contributed by atoms with Gasteiger partial charge in [0.15, 0.2) is 0 Å². The number of hydrogen-bond donors (Lipinski definition) is 1. The van der Waals surface area contributed by atoms with Gasteiger partial charge in [-0.15, -0.1) is 0 Å². The lowest BCUT2D eigenvalue weighted by Crippen LogP contribution is -2.46. The van der Waals surface area contributed by atoms with Crippen LogP contribution in [0.25, 0.3) is 0 Å². The van der Waals surface area contributed by atoms with Crippen molar-refractivity contribution in [3.05, 3.63) is 0 Å². The lowest BCUT2D eigenvalue weighted by atomic mass is 9.95. The van der Waals surface area contributed by atoms with E-state index in [-0.39, 0.29) is 17.7 Å². The monoisotopic (exact) mass is 237 g/mol. The molecule has 1 aliphatic heterocycles. The Kier molecular flexibility index (Phi) is 4.95. The molecule has 5 nitrogen and oxygen atoms in total. The lowest BCUT2D eigenvalue weighted by molar-refractivity contribution is -0.137. The molecule has 1 heterocycles. The van der Waals surface area contributed by atoms with Crippen molar-refractivity contribution in [1.82, 2.24) is 10.2 Å². The third kappa shape index (κ3) is 3.19. The Labute approximate surface area is 102 Å². The largest absolute Gasteiger partial charge is 0.359 e. The van der Waals surface area contributed by atoms with Crippen LogP contribution in [0.3, 0.4) is 0 Å². The third-order valence-corrected chi connectivity index (χ3v) is 3.21. The van der Waals surface area contributed by atoms with Gasteiger partial charge < -0.3 is 10.2 Å². The Morgan fingerprint density at radius 3 is 2.82 bits per heavy atom. The number of carbonyl (C=O) groups is 2. The maximum atomic E-state index is 12.0. The molecule has 1 saturated heterocycles. The van der Waals surface area contributed by atoms with Crippen LogP contribution in [0.1, 0.15) is 26.2 Å². The minimum absolute atomic E-state index is 0.0208. The van der Waals surface area contributed by atoms with E-state index in [0.717, 1.165) is 12.8 Å². The van der Waals surface area contributed by atoms with E-state index in [4.69, 9.17) is 5.26 Å². The summed E-state index contributed by atoms with van der Waals surface area (Å²) in [5.41, 5.74) is 0. The summed E-state index contributed by atoms with van der Waals surface area (Å²) in [6, 6.07) is 2.02. The van der Waals surface area contributed by atoms with E-state index in [1.165, 1.54) is 0 Å². The molecule has 2 amide bonds. The molecule has 1 fully saturated rings. The first kappa shape index (κ1) is 13.5. The van der Waals surface area contributed by atoms with Crippen LogP contribution in [0.15, 0.2) is 0 Å². The minimum Gasteiger partial charge on any atom is -0.359 e. The second-order valence-corrected chi connectivity index (χ2v) is 4.33. The number of hydrogen-bond acceptors (Lipinski definition) is 3. The molecule has 0 aliphatic carbocycles. The van der Waals surface area contributed by atoms with E-state index >= 15 is 0 Å². The fourth-order valence-electron chi connectivity index (χ4n) is 2.14. The Hall–Kier alpha value is -1.57. The molecule has 0 bridgehead atoms. The van der Waals surface area contributed by atoms with Gasteiger partial charge in [-0.25, -0.2) is 0 Å². The van der Waals surface area contributed by atoms with Crippen molar-refractivity contribution in [2.75, 3.05) is 20.1 Å². The number of piperidine rings is 1. The molecule has 0 aromatic heterocycles. The molecule has 1 aliphatic rings. The second kappa shape index (κ2) is 6.24. The molecule has 0 aromatic carbocycles. The quantitative estimate of drug-likeness (QED) is 0.777. The maximum Gasteiger partial charge on any atom is 0.239 e. The molecule has 2 atom stereocenters.